The largest absolute Gasteiger partial charge is 0.399 e. The molecule has 1 saturated heterocycles. The summed E-state index contributed by atoms with van der Waals surface area (Å²) in [5.74, 6) is 0. The molecular weight excluding hydrogens is 184 g/mol. The van der Waals surface area contributed by atoms with Crippen LogP contribution >= 0.6 is 11.6 Å². The first-order valence-corrected chi connectivity index (χ1v) is 4.93. The van der Waals surface area contributed by atoms with Gasteiger partial charge in [0.05, 0.1) is 0 Å². The van der Waals surface area contributed by atoms with Gasteiger partial charge in [0.1, 0.15) is 0 Å². The molecule has 0 radical (unpaired) electrons. The van der Waals surface area contributed by atoms with Crippen LogP contribution in [0.15, 0.2) is 18.2 Å². The van der Waals surface area contributed by atoms with Gasteiger partial charge in [0.25, 0.3) is 0 Å². The SMILES string of the molecule is Nc1ccc(C2CCCN2)c(Cl)c1. The molecule has 1 aromatic rings. The molecule has 70 valence electrons. The minimum atomic E-state index is 0.424. The molecule has 1 fully saturated rings. The van der Waals surface area contributed by atoms with Crippen molar-refractivity contribution in [3.63, 3.8) is 0 Å². The molecule has 1 unspecified atom stereocenters. The molecule has 0 saturated carbocycles. The third kappa shape index (κ3) is 1.79. The highest BCUT2D eigenvalue weighted by atomic mass is 35.5. The fourth-order valence-corrected chi connectivity index (χ4v) is 2.10. The van der Waals surface area contributed by atoms with Crippen LogP contribution in [-0.4, -0.2) is 6.54 Å². The number of rotatable bonds is 1. The van der Waals surface area contributed by atoms with E-state index in [9.17, 15) is 0 Å². The molecule has 3 N–H and O–H groups in total. The van der Waals surface area contributed by atoms with Crippen molar-refractivity contribution in [3.05, 3.63) is 28.8 Å². The van der Waals surface area contributed by atoms with E-state index in [0.717, 1.165) is 17.3 Å². The maximum absolute atomic E-state index is 6.09. The molecule has 2 rings (SSSR count). The minimum Gasteiger partial charge on any atom is -0.399 e. The van der Waals surface area contributed by atoms with Gasteiger partial charge in [0.15, 0.2) is 0 Å². The summed E-state index contributed by atoms with van der Waals surface area (Å²) in [6.45, 7) is 1.09. The van der Waals surface area contributed by atoms with Gasteiger partial charge in [-0.1, -0.05) is 17.7 Å². The van der Waals surface area contributed by atoms with Crippen LogP contribution in [0.2, 0.25) is 5.02 Å². The second kappa shape index (κ2) is 3.56. The Bertz CT molecular complexity index is 306. The standard InChI is InChI=1S/C10H13ClN2/c11-9-6-7(12)3-4-8(9)10-2-1-5-13-10/h3-4,6,10,13H,1-2,5,12H2. The summed E-state index contributed by atoms with van der Waals surface area (Å²) in [6.07, 6.45) is 2.40. The fourth-order valence-electron chi connectivity index (χ4n) is 1.78. The Kier molecular flexibility index (Phi) is 2.42. The van der Waals surface area contributed by atoms with Gasteiger partial charge in [-0.05, 0) is 37.1 Å². The van der Waals surface area contributed by atoms with E-state index in [1.54, 1.807) is 0 Å². The molecule has 0 amide bonds. The minimum absolute atomic E-state index is 0.424. The van der Waals surface area contributed by atoms with Gasteiger partial charge >= 0.3 is 0 Å². The average molecular weight is 197 g/mol. The zero-order valence-electron chi connectivity index (χ0n) is 7.39. The molecule has 1 aliphatic heterocycles. The van der Waals surface area contributed by atoms with Crippen LogP contribution in [0.3, 0.4) is 0 Å². The number of nitrogen functional groups attached to an aromatic ring is 1. The first-order chi connectivity index (χ1) is 6.27. The van der Waals surface area contributed by atoms with Crippen LogP contribution in [0.5, 0.6) is 0 Å². The zero-order chi connectivity index (χ0) is 9.26. The number of nitrogens with one attached hydrogen (secondary N) is 1. The summed E-state index contributed by atoms with van der Waals surface area (Å²) in [6, 6.07) is 6.16. The maximum atomic E-state index is 6.09. The van der Waals surface area contributed by atoms with Crippen LogP contribution in [0, 0.1) is 0 Å². The summed E-state index contributed by atoms with van der Waals surface area (Å²) in [5.41, 5.74) is 7.52. The first kappa shape index (κ1) is 8.85. The Morgan fingerprint density at radius 2 is 2.31 bits per heavy atom. The van der Waals surface area contributed by atoms with Crippen molar-refractivity contribution in [2.24, 2.45) is 0 Å². The lowest BCUT2D eigenvalue weighted by Crippen LogP contribution is -2.13. The van der Waals surface area contributed by atoms with Crippen LogP contribution in [-0.2, 0) is 0 Å². The Labute approximate surface area is 83.1 Å². The molecule has 0 spiro atoms. The normalized spacial score (nSPS) is 22.1. The van der Waals surface area contributed by atoms with Crippen molar-refractivity contribution < 1.29 is 0 Å². The van der Waals surface area contributed by atoms with Crippen LogP contribution in [0.25, 0.3) is 0 Å². The van der Waals surface area contributed by atoms with Crippen LogP contribution in [0.1, 0.15) is 24.4 Å². The predicted octanol–water partition coefficient (Wildman–Crippen LogP) is 2.35. The summed E-state index contributed by atoms with van der Waals surface area (Å²) >= 11 is 6.09. The number of benzene rings is 1. The third-order valence-corrected chi connectivity index (χ3v) is 2.79. The highest BCUT2D eigenvalue weighted by molar-refractivity contribution is 6.31. The van der Waals surface area contributed by atoms with Gasteiger partial charge in [-0.25, -0.2) is 0 Å². The summed E-state index contributed by atoms with van der Waals surface area (Å²) in [7, 11) is 0. The smallest absolute Gasteiger partial charge is 0.0474 e. The van der Waals surface area contributed by atoms with E-state index in [0.29, 0.717) is 6.04 Å². The summed E-state index contributed by atoms with van der Waals surface area (Å²) < 4.78 is 0. The predicted molar refractivity (Wildman–Crippen MR) is 55.8 cm³/mol. The van der Waals surface area contributed by atoms with E-state index in [-0.39, 0.29) is 0 Å². The van der Waals surface area contributed by atoms with Crippen molar-refractivity contribution in [2.45, 2.75) is 18.9 Å². The Balaban J connectivity index is 2.29. The van der Waals surface area contributed by atoms with Crippen molar-refractivity contribution in [1.82, 2.24) is 5.32 Å². The second-order valence-electron chi connectivity index (χ2n) is 3.43. The van der Waals surface area contributed by atoms with Gasteiger partial charge in [-0.15, -0.1) is 0 Å². The fraction of sp³-hybridized carbons (Fsp3) is 0.400. The van der Waals surface area contributed by atoms with Gasteiger partial charge in [-0.3, -0.25) is 0 Å². The zero-order valence-corrected chi connectivity index (χ0v) is 8.14. The maximum Gasteiger partial charge on any atom is 0.0474 e. The molecule has 1 aliphatic rings. The molecular formula is C10H13ClN2. The van der Waals surface area contributed by atoms with Crippen molar-refractivity contribution in [3.8, 4) is 0 Å². The monoisotopic (exact) mass is 196 g/mol. The third-order valence-electron chi connectivity index (χ3n) is 2.46. The lowest BCUT2D eigenvalue weighted by molar-refractivity contribution is 0.648. The van der Waals surface area contributed by atoms with E-state index in [1.165, 1.54) is 18.4 Å². The topological polar surface area (TPSA) is 38.0 Å². The van der Waals surface area contributed by atoms with Gasteiger partial charge in [-0.2, -0.15) is 0 Å². The van der Waals surface area contributed by atoms with Gasteiger partial charge in [0.2, 0.25) is 0 Å². The quantitative estimate of drug-likeness (QED) is 0.677. The number of nitrogens with two attached hydrogens (primary N) is 1. The molecule has 0 aliphatic carbocycles. The highest BCUT2D eigenvalue weighted by Crippen LogP contribution is 2.30. The van der Waals surface area contributed by atoms with E-state index >= 15 is 0 Å². The van der Waals surface area contributed by atoms with E-state index in [1.807, 2.05) is 18.2 Å². The Hall–Kier alpha value is -0.730. The van der Waals surface area contributed by atoms with Gasteiger partial charge < -0.3 is 11.1 Å². The van der Waals surface area contributed by atoms with Crippen molar-refractivity contribution in [1.29, 1.82) is 0 Å². The van der Waals surface area contributed by atoms with Crippen LogP contribution in [0.4, 0.5) is 5.69 Å². The number of hydrogen-bond acceptors (Lipinski definition) is 2. The molecule has 13 heavy (non-hydrogen) atoms. The number of anilines is 1. The molecule has 0 aromatic heterocycles. The van der Waals surface area contributed by atoms with E-state index in [2.05, 4.69) is 5.32 Å². The van der Waals surface area contributed by atoms with Gasteiger partial charge in [0, 0.05) is 16.8 Å². The summed E-state index contributed by atoms with van der Waals surface area (Å²) in [4.78, 5) is 0. The molecule has 1 heterocycles. The molecule has 1 atom stereocenters. The second-order valence-corrected chi connectivity index (χ2v) is 3.84. The number of hydrogen-bond donors (Lipinski definition) is 2. The summed E-state index contributed by atoms with van der Waals surface area (Å²) in [5, 5.41) is 4.19. The average Bonchev–Trinajstić information content (AvgIpc) is 2.56. The molecule has 3 heteroatoms. The highest BCUT2D eigenvalue weighted by Gasteiger charge is 2.18. The van der Waals surface area contributed by atoms with Crippen LogP contribution < -0.4 is 11.1 Å². The lowest BCUT2D eigenvalue weighted by Gasteiger charge is -2.12. The van der Waals surface area contributed by atoms with Crippen molar-refractivity contribution >= 4 is 17.3 Å². The first-order valence-electron chi connectivity index (χ1n) is 4.55. The van der Waals surface area contributed by atoms with E-state index in [4.69, 9.17) is 17.3 Å². The molecule has 2 nitrogen and oxygen atoms in total. The Morgan fingerprint density at radius 1 is 1.46 bits per heavy atom. The van der Waals surface area contributed by atoms with E-state index < -0.39 is 0 Å². The Morgan fingerprint density at radius 3 is 2.92 bits per heavy atom. The lowest BCUT2D eigenvalue weighted by atomic mass is 10.1. The van der Waals surface area contributed by atoms with Crippen molar-refractivity contribution in [2.75, 3.05) is 12.3 Å². The number of halogens is 1. The molecule has 0 bridgehead atoms. The molecule has 1 aromatic carbocycles.